The Balaban J connectivity index is 0.000000382. The van der Waals surface area contributed by atoms with Crippen molar-refractivity contribution < 1.29 is 39.0 Å². The van der Waals surface area contributed by atoms with Gasteiger partial charge in [-0.25, -0.2) is 0 Å². The Hall–Kier alpha value is -0.520. The molecule has 0 saturated carbocycles. The standard InChI is InChI=1S/3C10H21NO2.C10H21NO.C8H17NO/c3*1-10(2,3)13-8-9(12)7-11-5-4-6-11;1-10(2,3)12-9-5-8-11-6-4-7-11;1-7(2)10-6-8-4-9(3)5-8/h3*9,12H,4-8H2,1-3H3;4-9H2,1-3H3;7-8H,4-6H2,1-3H3/t2*9-;;;/m10.../s1. The molecule has 5 heterocycles. The lowest BCUT2D eigenvalue weighted by molar-refractivity contribution is -0.0600. The van der Waals surface area contributed by atoms with Crippen LogP contribution in [0, 0.1) is 5.92 Å². The first-order chi connectivity index (χ1) is 28.2. The van der Waals surface area contributed by atoms with Crippen LogP contribution < -0.4 is 0 Å². The third-order valence-electron chi connectivity index (χ3n) is 10.3. The topological polar surface area (TPSA) is 123 Å². The number of ether oxygens (including phenoxy) is 5. The fourth-order valence-corrected chi connectivity index (χ4v) is 6.32. The van der Waals surface area contributed by atoms with Gasteiger partial charge in [0.05, 0.1) is 73.2 Å². The highest BCUT2D eigenvalue weighted by atomic mass is 16.5. The molecule has 366 valence electrons. The third-order valence-corrected chi connectivity index (χ3v) is 10.3. The molecule has 5 rings (SSSR count). The molecular formula is C48H101N5O8. The monoisotopic (exact) mass is 876 g/mol. The highest BCUT2D eigenvalue weighted by Crippen LogP contribution is 2.15. The van der Waals surface area contributed by atoms with Crippen LogP contribution >= 0.6 is 0 Å². The quantitative estimate of drug-likeness (QED) is 0.142. The van der Waals surface area contributed by atoms with Gasteiger partial charge in [0.2, 0.25) is 0 Å². The summed E-state index contributed by atoms with van der Waals surface area (Å²) < 4.78 is 27.5. The second-order valence-electron chi connectivity index (χ2n) is 22.2. The van der Waals surface area contributed by atoms with Gasteiger partial charge in [-0.1, -0.05) is 0 Å². The number of aliphatic hydroxyl groups excluding tert-OH is 3. The van der Waals surface area contributed by atoms with Gasteiger partial charge in [0.15, 0.2) is 0 Å². The van der Waals surface area contributed by atoms with Crippen molar-refractivity contribution >= 4 is 0 Å². The molecule has 5 saturated heterocycles. The van der Waals surface area contributed by atoms with E-state index in [4.69, 9.17) is 23.7 Å². The molecule has 5 aliphatic rings. The fraction of sp³-hybridized carbons (Fsp3) is 1.00. The summed E-state index contributed by atoms with van der Waals surface area (Å²) in [7, 11) is 2.14. The number of rotatable bonds is 19. The molecule has 0 aromatic carbocycles. The van der Waals surface area contributed by atoms with E-state index in [1.165, 1.54) is 64.8 Å². The van der Waals surface area contributed by atoms with E-state index in [2.05, 4.69) is 66.2 Å². The van der Waals surface area contributed by atoms with Crippen molar-refractivity contribution in [3.05, 3.63) is 0 Å². The molecule has 0 spiro atoms. The van der Waals surface area contributed by atoms with Gasteiger partial charge in [-0.2, -0.15) is 0 Å². The number of hydrogen-bond donors (Lipinski definition) is 3. The smallest absolute Gasteiger partial charge is 0.0900 e. The molecule has 5 aliphatic heterocycles. The van der Waals surface area contributed by atoms with Crippen LogP contribution in [0.4, 0.5) is 0 Å². The van der Waals surface area contributed by atoms with E-state index >= 15 is 0 Å². The lowest BCUT2D eigenvalue weighted by atomic mass is 10.0. The second kappa shape index (κ2) is 29.9. The molecule has 3 atom stereocenters. The van der Waals surface area contributed by atoms with Gasteiger partial charge in [-0.05, 0) is 188 Å². The van der Waals surface area contributed by atoms with Gasteiger partial charge in [0, 0.05) is 51.8 Å². The summed E-state index contributed by atoms with van der Waals surface area (Å²) in [4.78, 5) is 11.5. The lowest BCUT2D eigenvalue weighted by Crippen LogP contribution is -2.46. The minimum atomic E-state index is -0.334. The normalized spacial score (nSPS) is 20.9. The van der Waals surface area contributed by atoms with Crippen molar-refractivity contribution in [2.75, 3.05) is 132 Å². The van der Waals surface area contributed by atoms with Crippen molar-refractivity contribution in [2.45, 2.75) is 176 Å². The van der Waals surface area contributed by atoms with Gasteiger partial charge in [0.25, 0.3) is 0 Å². The Morgan fingerprint density at radius 1 is 0.492 bits per heavy atom. The number of β-amino-alcohol motifs (C(OH)–C–C–N with tert-alkyl or cyclic N) is 3. The SMILES string of the molecule is CC(C)(C)OCC(O)CN1CCC1.CC(C)(C)OCCCN1CCC1.CC(C)(C)OC[C@@H](O)CN1CCC1.CC(C)(C)OC[C@H](O)CN1CCC1.CC(C)OCC1CN(C)C1. The van der Waals surface area contributed by atoms with E-state index in [1.54, 1.807) is 0 Å². The van der Waals surface area contributed by atoms with Crippen molar-refractivity contribution in [1.82, 2.24) is 24.5 Å². The van der Waals surface area contributed by atoms with Crippen LogP contribution in [0.5, 0.6) is 0 Å². The Kier molecular flexibility index (Phi) is 28.7. The maximum absolute atomic E-state index is 9.58. The van der Waals surface area contributed by atoms with Crippen LogP contribution in [0.2, 0.25) is 0 Å². The van der Waals surface area contributed by atoms with E-state index in [1.807, 2.05) is 62.3 Å². The van der Waals surface area contributed by atoms with Crippen LogP contribution in [0.15, 0.2) is 0 Å². The van der Waals surface area contributed by atoms with Gasteiger partial charge in [-0.3, -0.25) is 0 Å². The number of hydrogen-bond acceptors (Lipinski definition) is 13. The predicted octanol–water partition coefficient (Wildman–Crippen LogP) is 5.47. The molecule has 5 fully saturated rings. The first kappa shape index (κ1) is 58.5. The third kappa shape index (κ3) is 35.4. The highest BCUT2D eigenvalue weighted by molar-refractivity contribution is 4.77. The summed E-state index contributed by atoms with van der Waals surface area (Å²) in [5.41, 5.74) is -0.392. The summed E-state index contributed by atoms with van der Waals surface area (Å²) in [6.45, 7) is 47.0. The molecule has 0 radical (unpaired) electrons. The number of likely N-dealkylation sites (tertiary alicyclic amines) is 5. The largest absolute Gasteiger partial charge is 0.389 e. The first-order valence-electron chi connectivity index (χ1n) is 24.0. The molecule has 0 amide bonds. The van der Waals surface area contributed by atoms with E-state index in [0.717, 1.165) is 78.0 Å². The zero-order valence-electron chi connectivity index (χ0n) is 42.5. The van der Waals surface area contributed by atoms with Gasteiger partial charge in [-0.15, -0.1) is 0 Å². The summed E-state index contributed by atoms with van der Waals surface area (Å²) >= 11 is 0. The average Bonchev–Trinajstić information content (AvgIpc) is 3.03. The predicted molar refractivity (Wildman–Crippen MR) is 252 cm³/mol. The Morgan fingerprint density at radius 3 is 1.03 bits per heavy atom. The summed E-state index contributed by atoms with van der Waals surface area (Å²) in [6.07, 6.45) is 5.77. The first-order valence-corrected chi connectivity index (χ1v) is 24.0. The summed E-state index contributed by atoms with van der Waals surface area (Å²) in [6, 6.07) is 0. The highest BCUT2D eigenvalue weighted by Gasteiger charge is 2.24. The molecule has 0 bridgehead atoms. The van der Waals surface area contributed by atoms with E-state index < -0.39 is 0 Å². The van der Waals surface area contributed by atoms with Crippen molar-refractivity contribution in [3.63, 3.8) is 0 Å². The van der Waals surface area contributed by atoms with Gasteiger partial charge < -0.3 is 63.5 Å². The summed E-state index contributed by atoms with van der Waals surface area (Å²) in [5, 5.41) is 28.7. The number of aliphatic hydroxyl groups is 3. The Bertz CT molecular complexity index is 969. The van der Waals surface area contributed by atoms with Crippen molar-refractivity contribution in [2.24, 2.45) is 5.92 Å². The average molecular weight is 876 g/mol. The Labute approximate surface area is 376 Å². The zero-order valence-corrected chi connectivity index (χ0v) is 42.5. The second-order valence-corrected chi connectivity index (χ2v) is 22.2. The van der Waals surface area contributed by atoms with Crippen LogP contribution in [0.25, 0.3) is 0 Å². The molecule has 0 aromatic rings. The van der Waals surface area contributed by atoms with Gasteiger partial charge >= 0.3 is 0 Å². The number of nitrogens with zero attached hydrogens (tertiary/aromatic N) is 5. The maximum Gasteiger partial charge on any atom is 0.0900 e. The minimum Gasteiger partial charge on any atom is -0.389 e. The van der Waals surface area contributed by atoms with Crippen molar-refractivity contribution in [3.8, 4) is 0 Å². The lowest BCUT2D eigenvalue weighted by Gasteiger charge is -2.36. The molecule has 1 unspecified atom stereocenters. The van der Waals surface area contributed by atoms with E-state index in [-0.39, 0.29) is 40.7 Å². The summed E-state index contributed by atoms with van der Waals surface area (Å²) in [5.74, 6) is 0.799. The molecule has 0 aliphatic carbocycles. The molecule has 61 heavy (non-hydrogen) atoms. The molecule has 3 N–H and O–H groups in total. The fourth-order valence-electron chi connectivity index (χ4n) is 6.32. The van der Waals surface area contributed by atoms with Gasteiger partial charge in [0.1, 0.15) is 0 Å². The van der Waals surface area contributed by atoms with E-state index in [0.29, 0.717) is 25.9 Å². The maximum atomic E-state index is 9.58. The Morgan fingerprint density at radius 2 is 0.803 bits per heavy atom. The zero-order chi connectivity index (χ0) is 46.3. The molecular weight excluding hydrogens is 775 g/mol. The molecule has 13 nitrogen and oxygen atoms in total. The molecule has 0 aromatic heterocycles. The minimum absolute atomic E-state index is 0.0367. The van der Waals surface area contributed by atoms with Crippen molar-refractivity contribution in [1.29, 1.82) is 0 Å². The van der Waals surface area contributed by atoms with Crippen LogP contribution in [-0.4, -0.2) is 218 Å². The van der Waals surface area contributed by atoms with E-state index in [9.17, 15) is 15.3 Å². The van der Waals surface area contributed by atoms with Crippen LogP contribution in [0.3, 0.4) is 0 Å². The van der Waals surface area contributed by atoms with Crippen LogP contribution in [-0.2, 0) is 23.7 Å². The molecule has 13 heteroatoms. The van der Waals surface area contributed by atoms with Crippen LogP contribution in [0.1, 0.15) is 129 Å².